The Bertz CT molecular complexity index is 409. The van der Waals surface area contributed by atoms with Gasteiger partial charge in [0, 0.05) is 19.2 Å². The van der Waals surface area contributed by atoms with Gasteiger partial charge in [0.05, 0.1) is 17.8 Å². The maximum atomic E-state index is 10.8. The fourth-order valence-corrected chi connectivity index (χ4v) is 1.24. The second kappa shape index (κ2) is 6.09. The number of rotatable bonds is 4. The van der Waals surface area contributed by atoms with Crippen molar-refractivity contribution in [3.8, 4) is 11.8 Å². The van der Waals surface area contributed by atoms with Crippen LogP contribution in [0.2, 0.25) is 0 Å². The third-order valence-electron chi connectivity index (χ3n) is 1.99. The van der Waals surface area contributed by atoms with Crippen LogP contribution in [0.15, 0.2) is 12.4 Å². The number of aryl methyl sites for hydroxylation is 1. The molecule has 0 amide bonds. The Morgan fingerprint density at radius 3 is 3.06 bits per heavy atom. The van der Waals surface area contributed by atoms with E-state index in [4.69, 9.17) is 5.73 Å². The van der Waals surface area contributed by atoms with Crippen LogP contribution in [-0.2, 0) is 11.3 Å². The molecular weight excluding hydrogens is 202 g/mol. The maximum absolute atomic E-state index is 10.8. The van der Waals surface area contributed by atoms with Gasteiger partial charge in [-0.1, -0.05) is 11.8 Å². The van der Waals surface area contributed by atoms with Gasteiger partial charge in [0.25, 0.3) is 0 Å². The molecule has 16 heavy (non-hydrogen) atoms. The molecule has 0 saturated carbocycles. The molecule has 4 heteroatoms. The zero-order chi connectivity index (χ0) is 12.0. The lowest BCUT2D eigenvalue weighted by atomic mass is 10.2. The molecule has 2 N–H and O–H groups in total. The van der Waals surface area contributed by atoms with E-state index >= 15 is 0 Å². The Hall–Kier alpha value is -1.60. The van der Waals surface area contributed by atoms with Crippen molar-refractivity contribution >= 4 is 5.78 Å². The first kappa shape index (κ1) is 12.5. The van der Waals surface area contributed by atoms with Crippen molar-refractivity contribution in [3.63, 3.8) is 0 Å². The fraction of sp³-hybridized carbons (Fsp3) is 0.500. The number of hydrogen-bond acceptors (Lipinski definition) is 3. The summed E-state index contributed by atoms with van der Waals surface area (Å²) in [6, 6.07) is -0.124. The van der Waals surface area contributed by atoms with Gasteiger partial charge < -0.3 is 10.5 Å². The molecule has 0 aliphatic rings. The fourth-order valence-electron chi connectivity index (χ4n) is 1.24. The normalized spacial score (nSPS) is 11.7. The summed E-state index contributed by atoms with van der Waals surface area (Å²) in [7, 11) is 0. The summed E-state index contributed by atoms with van der Waals surface area (Å²) >= 11 is 0. The second-order valence-electron chi connectivity index (χ2n) is 3.86. The van der Waals surface area contributed by atoms with E-state index in [1.165, 1.54) is 0 Å². The highest BCUT2D eigenvalue weighted by Crippen LogP contribution is 1.99. The van der Waals surface area contributed by atoms with Crippen LogP contribution >= 0.6 is 0 Å². The lowest BCUT2D eigenvalue weighted by Crippen LogP contribution is -2.10. The van der Waals surface area contributed by atoms with Crippen LogP contribution < -0.4 is 5.73 Å². The van der Waals surface area contributed by atoms with E-state index in [0.29, 0.717) is 6.42 Å². The molecule has 0 aliphatic carbocycles. The van der Waals surface area contributed by atoms with Gasteiger partial charge in [0.1, 0.15) is 5.78 Å². The summed E-state index contributed by atoms with van der Waals surface area (Å²) in [5, 5.41) is 4.15. The van der Waals surface area contributed by atoms with Crippen LogP contribution in [0.1, 0.15) is 32.3 Å². The van der Waals surface area contributed by atoms with E-state index in [-0.39, 0.29) is 11.8 Å². The first-order valence-electron chi connectivity index (χ1n) is 5.37. The van der Waals surface area contributed by atoms with Gasteiger partial charge in [-0.05, 0) is 20.3 Å². The van der Waals surface area contributed by atoms with E-state index in [2.05, 4.69) is 16.9 Å². The highest BCUT2D eigenvalue weighted by atomic mass is 16.1. The molecule has 1 aromatic rings. The van der Waals surface area contributed by atoms with Crippen LogP contribution in [0.25, 0.3) is 0 Å². The monoisotopic (exact) mass is 219 g/mol. The molecule has 1 rings (SSSR count). The zero-order valence-electron chi connectivity index (χ0n) is 9.73. The molecule has 0 bridgehead atoms. The Labute approximate surface area is 95.8 Å². The smallest absolute Gasteiger partial charge is 0.129 e. The van der Waals surface area contributed by atoms with Crippen molar-refractivity contribution in [1.29, 1.82) is 0 Å². The molecule has 86 valence electrons. The van der Waals surface area contributed by atoms with Crippen LogP contribution in [-0.4, -0.2) is 21.6 Å². The predicted octanol–water partition coefficient (Wildman–Crippen LogP) is 0.951. The summed E-state index contributed by atoms with van der Waals surface area (Å²) < 4.78 is 1.80. The molecule has 4 nitrogen and oxygen atoms in total. The molecule has 1 atom stereocenters. The third kappa shape index (κ3) is 4.76. The molecule has 0 spiro atoms. The van der Waals surface area contributed by atoms with Gasteiger partial charge in [-0.2, -0.15) is 5.10 Å². The second-order valence-corrected chi connectivity index (χ2v) is 3.86. The quantitative estimate of drug-likeness (QED) is 0.767. The average molecular weight is 219 g/mol. The molecular formula is C12H17N3O. The summed E-state index contributed by atoms with van der Waals surface area (Å²) in [6.07, 6.45) is 5.00. The van der Waals surface area contributed by atoms with Crippen molar-refractivity contribution < 1.29 is 4.79 Å². The predicted molar refractivity (Wildman–Crippen MR) is 62.7 cm³/mol. The number of hydrogen-bond donors (Lipinski definition) is 1. The summed E-state index contributed by atoms with van der Waals surface area (Å²) in [6.45, 7) is 4.19. The average Bonchev–Trinajstić information content (AvgIpc) is 2.62. The molecule has 0 aromatic carbocycles. The molecule has 1 unspecified atom stereocenters. The van der Waals surface area contributed by atoms with Crippen molar-refractivity contribution in [2.75, 3.05) is 0 Å². The number of ketones is 1. The van der Waals surface area contributed by atoms with Gasteiger partial charge in [0.15, 0.2) is 0 Å². The van der Waals surface area contributed by atoms with Crippen molar-refractivity contribution in [2.24, 2.45) is 5.73 Å². The first-order chi connectivity index (χ1) is 7.58. The van der Waals surface area contributed by atoms with Crippen LogP contribution in [0, 0.1) is 11.8 Å². The first-order valence-corrected chi connectivity index (χ1v) is 5.37. The topological polar surface area (TPSA) is 60.9 Å². The van der Waals surface area contributed by atoms with E-state index in [1.54, 1.807) is 17.8 Å². The zero-order valence-corrected chi connectivity index (χ0v) is 9.73. The number of Topliss-reactive ketones (excluding diaryl/α,β-unsaturated/α-hetero) is 1. The van der Waals surface area contributed by atoms with Gasteiger partial charge in [-0.25, -0.2) is 0 Å². The van der Waals surface area contributed by atoms with Crippen LogP contribution in [0.5, 0.6) is 0 Å². The number of nitrogens with two attached hydrogens (primary N) is 1. The largest absolute Gasteiger partial charge is 0.318 e. The van der Waals surface area contributed by atoms with Crippen molar-refractivity contribution in [2.45, 2.75) is 39.3 Å². The van der Waals surface area contributed by atoms with Crippen molar-refractivity contribution in [3.05, 3.63) is 18.0 Å². The van der Waals surface area contributed by atoms with E-state index in [9.17, 15) is 4.79 Å². The minimum atomic E-state index is -0.124. The number of carbonyl (C=O) groups is 1. The van der Waals surface area contributed by atoms with E-state index < -0.39 is 0 Å². The molecule has 0 radical (unpaired) electrons. The highest BCUT2D eigenvalue weighted by molar-refractivity contribution is 5.75. The summed E-state index contributed by atoms with van der Waals surface area (Å²) in [5.74, 6) is 6.02. The van der Waals surface area contributed by atoms with Crippen LogP contribution in [0.4, 0.5) is 0 Å². The third-order valence-corrected chi connectivity index (χ3v) is 1.99. The van der Waals surface area contributed by atoms with Gasteiger partial charge in [-0.15, -0.1) is 0 Å². The Kier molecular flexibility index (Phi) is 4.74. The van der Waals surface area contributed by atoms with E-state index in [0.717, 1.165) is 18.5 Å². The number of aromatic nitrogens is 2. The Morgan fingerprint density at radius 1 is 1.69 bits per heavy atom. The van der Waals surface area contributed by atoms with Gasteiger partial charge in [-0.3, -0.25) is 4.68 Å². The van der Waals surface area contributed by atoms with E-state index in [1.807, 2.05) is 13.1 Å². The lowest BCUT2D eigenvalue weighted by molar-refractivity contribution is -0.117. The molecule has 0 saturated heterocycles. The standard InChI is InChI=1S/C12H17N3O/c1-10(13)5-6-12-8-14-15(9-12)7-3-4-11(2)16/h8-10H,3-4,7,13H2,1-2H3. The maximum Gasteiger partial charge on any atom is 0.129 e. The van der Waals surface area contributed by atoms with Crippen molar-refractivity contribution in [1.82, 2.24) is 9.78 Å². The number of nitrogens with zero attached hydrogens (tertiary/aromatic N) is 2. The SMILES string of the molecule is CC(=O)CCCn1cc(C#CC(C)N)cn1. The lowest BCUT2D eigenvalue weighted by Gasteiger charge is -1.97. The Balaban J connectivity index is 2.46. The molecule has 0 aliphatic heterocycles. The Morgan fingerprint density at radius 2 is 2.44 bits per heavy atom. The molecule has 0 fully saturated rings. The summed E-state index contributed by atoms with van der Waals surface area (Å²) in [5.41, 5.74) is 6.38. The minimum Gasteiger partial charge on any atom is -0.318 e. The van der Waals surface area contributed by atoms with Crippen LogP contribution in [0.3, 0.4) is 0 Å². The van der Waals surface area contributed by atoms with Gasteiger partial charge in [0.2, 0.25) is 0 Å². The van der Waals surface area contributed by atoms with Gasteiger partial charge >= 0.3 is 0 Å². The highest BCUT2D eigenvalue weighted by Gasteiger charge is 1.97. The number of carbonyl (C=O) groups excluding carboxylic acids is 1. The minimum absolute atomic E-state index is 0.124. The molecule has 1 heterocycles. The summed E-state index contributed by atoms with van der Waals surface area (Å²) in [4.78, 5) is 10.8. The molecule has 1 aromatic heterocycles.